The fourth-order valence-corrected chi connectivity index (χ4v) is 4.47. The lowest BCUT2D eigenvalue weighted by Gasteiger charge is -2.37. The molecule has 2 N–H and O–H groups in total. The predicted molar refractivity (Wildman–Crippen MR) is 119 cm³/mol. The van der Waals surface area contributed by atoms with Crippen molar-refractivity contribution >= 4 is 23.5 Å². The highest BCUT2D eigenvalue weighted by atomic mass is 16.2. The van der Waals surface area contributed by atoms with Crippen molar-refractivity contribution in [3.63, 3.8) is 0 Å². The maximum atomic E-state index is 12.9. The molecule has 7 heteroatoms. The van der Waals surface area contributed by atoms with Crippen molar-refractivity contribution in [2.75, 3.05) is 31.1 Å². The molecule has 2 aromatic rings. The number of hydrogen-bond acceptors (Lipinski definition) is 4. The largest absolute Gasteiger partial charge is 0.368 e. The summed E-state index contributed by atoms with van der Waals surface area (Å²) in [7, 11) is 0. The lowest BCUT2D eigenvalue weighted by Crippen LogP contribution is -2.50. The van der Waals surface area contributed by atoms with Crippen LogP contribution in [0.25, 0.3) is 0 Å². The van der Waals surface area contributed by atoms with Gasteiger partial charge in [-0.1, -0.05) is 42.5 Å². The van der Waals surface area contributed by atoms with Gasteiger partial charge in [-0.3, -0.25) is 14.9 Å². The van der Waals surface area contributed by atoms with Gasteiger partial charge in [0.25, 0.3) is 5.91 Å². The minimum absolute atomic E-state index is 0.00451. The Bertz CT molecular complexity index is 999. The molecule has 0 radical (unpaired) electrons. The van der Waals surface area contributed by atoms with Gasteiger partial charge < -0.3 is 15.1 Å². The number of imide groups is 1. The topological polar surface area (TPSA) is 81.8 Å². The Labute approximate surface area is 182 Å². The highest BCUT2D eigenvalue weighted by molar-refractivity contribution is 6.07. The number of urea groups is 1. The number of carbonyl (C=O) groups excluding carboxylic acids is 3. The molecule has 4 rings (SSSR count). The van der Waals surface area contributed by atoms with E-state index in [9.17, 15) is 14.4 Å². The number of nitrogens with one attached hydrogen (secondary N) is 2. The molecule has 0 aliphatic carbocycles. The number of amides is 4. The van der Waals surface area contributed by atoms with Crippen LogP contribution in [0.4, 0.5) is 10.5 Å². The number of rotatable bonds is 5. The van der Waals surface area contributed by atoms with Gasteiger partial charge in [0, 0.05) is 38.3 Å². The van der Waals surface area contributed by atoms with Crippen LogP contribution >= 0.6 is 0 Å². The molecule has 2 aliphatic heterocycles. The Morgan fingerprint density at radius 2 is 1.68 bits per heavy atom. The van der Waals surface area contributed by atoms with Crippen molar-refractivity contribution in [3.05, 3.63) is 65.2 Å². The predicted octanol–water partition coefficient (Wildman–Crippen LogP) is 2.47. The van der Waals surface area contributed by atoms with Crippen LogP contribution in [0.1, 0.15) is 29.5 Å². The van der Waals surface area contributed by atoms with E-state index < -0.39 is 17.5 Å². The highest BCUT2D eigenvalue weighted by Gasteiger charge is 2.47. The van der Waals surface area contributed by atoms with Crippen LogP contribution in [0.5, 0.6) is 0 Å². The van der Waals surface area contributed by atoms with Gasteiger partial charge in [-0.25, -0.2) is 4.79 Å². The first-order valence-corrected chi connectivity index (χ1v) is 10.7. The standard InChI is InChI=1S/C24H28N4O3/c1-17-7-6-10-20(18(17)2)27-13-15-28(16-14-27)21(29)11-12-24(19-8-4-3-5-9-19)22(30)25-23(31)26-24/h3-10H,11-16H2,1-2H3,(H2,25,26,30,31). The number of nitrogens with zero attached hydrogens (tertiary/aromatic N) is 2. The third-order valence-electron chi connectivity index (χ3n) is 6.47. The normalized spacial score (nSPS) is 21.1. The molecule has 162 valence electrons. The smallest absolute Gasteiger partial charge is 0.322 e. The summed E-state index contributed by atoms with van der Waals surface area (Å²) in [5, 5.41) is 5.08. The summed E-state index contributed by atoms with van der Waals surface area (Å²) in [5.41, 5.74) is 3.25. The van der Waals surface area contributed by atoms with E-state index in [1.165, 1.54) is 16.8 Å². The fraction of sp³-hybridized carbons (Fsp3) is 0.375. The van der Waals surface area contributed by atoms with Crippen molar-refractivity contribution in [2.45, 2.75) is 32.2 Å². The van der Waals surface area contributed by atoms with Gasteiger partial charge in [0.1, 0.15) is 5.54 Å². The summed E-state index contributed by atoms with van der Waals surface area (Å²) in [5.74, 6) is -0.402. The molecular weight excluding hydrogens is 392 g/mol. The van der Waals surface area contributed by atoms with Gasteiger partial charge in [0.15, 0.2) is 0 Å². The van der Waals surface area contributed by atoms with E-state index >= 15 is 0 Å². The van der Waals surface area contributed by atoms with Gasteiger partial charge in [-0.15, -0.1) is 0 Å². The fourth-order valence-electron chi connectivity index (χ4n) is 4.47. The lowest BCUT2D eigenvalue weighted by atomic mass is 9.85. The molecule has 2 saturated heterocycles. The van der Waals surface area contributed by atoms with Crippen molar-refractivity contribution in [1.82, 2.24) is 15.5 Å². The van der Waals surface area contributed by atoms with Gasteiger partial charge in [0.2, 0.25) is 5.91 Å². The van der Waals surface area contributed by atoms with Gasteiger partial charge >= 0.3 is 6.03 Å². The average Bonchev–Trinajstić information content (AvgIpc) is 3.08. The van der Waals surface area contributed by atoms with Crippen molar-refractivity contribution in [1.29, 1.82) is 0 Å². The van der Waals surface area contributed by atoms with Crippen LogP contribution in [0.15, 0.2) is 48.5 Å². The van der Waals surface area contributed by atoms with Crippen molar-refractivity contribution in [2.24, 2.45) is 0 Å². The van der Waals surface area contributed by atoms with Crippen LogP contribution < -0.4 is 15.5 Å². The molecule has 7 nitrogen and oxygen atoms in total. The summed E-state index contributed by atoms with van der Waals surface area (Å²) >= 11 is 0. The molecule has 2 fully saturated rings. The first kappa shape index (κ1) is 20.9. The molecule has 1 atom stereocenters. The SMILES string of the molecule is Cc1cccc(N2CCN(C(=O)CCC3(c4ccccc4)NC(=O)NC3=O)CC2)c1C. The molecule has 31 heavy (non-hydrogen) atoms. The summed E-state index contributed by atoms with van der Waals surface area (Å²) in [6.07, 6.45) is 0.413. The quantitative estimate of drug-likeness (QED) is 0.728. The minimum Gasteiger partial charge on any atom is -0.368 e. The zero-order valence-electron chi connectivity index (χ0n) is 18.0. The number of anilines is 1. The first-order valence-electron chi connectivity index (χ1n) is 10.7. The molecule has 1 unspecified atom stereocenters. The maximum Gasteiger partial charge on any atom is 0.322 e. The van der Waals surface area contributed by atoms with Gasteiger partial charge in [-0.2, -0.15) is 0 Å². The zero-order valence-corrected chi connectivity index (χ0v) is 18.0. The third kappa shape index (κ3) is 4.00. The molecule has 4 amide bonds. The van der Waals surface area contributed by atoms with Crippen molar-refractivity contribution in [3.8, 4) is 0 Å². The molecule has 0 aromatic heterocycles. The van der Waals surface area contributed by atoms with E-state index in [-0.39, 0.29) is 18.7 Å². The number of carbonyl (C=O) groups is 3. The Hall–Kier alpha value is -3.35. The van der Waals surface area contributed by atoms with Gasteiger partial charge in [-0.05, 0) is 43.0 Å². The monoisotopic (exact) mass is 420 g/mol. The average molecular weight is 421 g/mol. The summed E-state index contributed by atoms with van der Waals surface area (Å²) in [6.45, 7) is 7.08. The molecule has 2 aromatic carbocycles. The molecule has 2 aliphatic rings. The van der Waals surface area contributed by atoms with Crippen LogP contribution in [-0.4, -0.2) is 48.9 Å². The minimum atomic E-state index is -1.20. The first-order chi connectivity index (χ1) is 14.9. The van der Waals surface area contributed by atoms with Crippen LogP contribution in [0.2, 0.25) is 0 Å². The zero-order chi connectivity index (χ0) is 22.0. The van der Waals surface area contributed by atoms with Crippen LogP contribution in [-0.2, 0) is 15.1 Å². The Morgan fingerprint density at radius 1 is 0.968 bits per heavy atom. The molecule has 0 saturated carbocycles. The Balaban J connectivity index is 1.40. The number of aryl methyl sites for hydroxylation is 1. The lowest BCUT2D eigenvalue weighted by molar-refractivity contribution is -0.132. The van der Waals surface area contributed by atoms with E-state index in [0.29, 0.717) is 18.7 Å². The number of piperazine rings is 1. The van der Waals surface area contributed by atoms with E-state index in [4.69, 9.17) is 0 Å². The molecule has 0 spiro atoms. The Kier molecular flexibility index (Phi) is 5.67. The summed E-state index contributed by atoms with van der Waals surface area (Å²) in [6, 6.07) is 14.9. The number of hydrogen-bond donors (Lipinski definition) is 2. The van der Waals surface area contributed by atoms with Gasteiger partial charge in [0.05, 0.1) is 0 Å². The second-order valence-electron chi connectivity index (χ2n) is 8.27. The van der Waals surface area contributed by atoms with E-state index in [1.807, 2.05) is 23.1 Å². The second kappa shape index (κ2) is 8.41. The Morgan fingerprint density at radius 3 is 2.32 bits per heavy atom. The summed E-state index contributed by atoms with van der Waals surface area (Å²) in [4.78, 5) is 41.6. The highest BCUT2D eigenvalue weighted by Crippen LogP contribution is 2.30. The summed E-state index contributed by atoms with van der Waals surface area (Å²) < 4.78 is 0. The number of benzene rings is 2. The van der Waals surface area contributed by atoms with E-state index in [1.54, 1.807) is 12.1 Å². The molecule has 2 heterocycles. The van der Waals surface area contributed by atoms with Crippen LogP contribution in [0, 0.1) is 13.8 Å². The third-order valence-corrected chi connectivity index (χ3v) is 6.47. The maximum absolute atomic E-state index is 12.9. The van der Waals surface area contributed by atoms with E-state index in [0.717, 1.165) is 13.1 Å². The van der Waals surface area contributed by atoms with Crippen molar-refractivity contribution < 1.29 is 14.4 Å². The molecular formula is C24H28N4O3. The molecule has 0 bridgehead atoms. The van der Waals surface area contributed by atoms with E-state index in [2.05, 4.69) is 47.6 Å². The van der Waals surface area contributed by atoms with Crippen LogP contribution in [0.3, 0.4) is 0 Å². The second-order valence-corrected chi connectivity index (χ2v) is 8.27.